The molecule has 0 atom stereocenters. The number of halogens is 1. The minimum absolute atomic E-state index is 0.0849. The summed E-state index contributed by atoms with van der Waals surface area (Å²) in [5.41, 5.74) is 1.53. The van der Waals surface area contributed by atoms with Gasteiger partial charge in [0, 0.05) is 19.6 Å². The zero-order valence-corrected chi connectivity index (χ0v) is 15.3. The van der Waals surface area contributed by atoms with E-state index in [-0.39, 0.29) is 11.6 Å². The number of aryl methyl sites for hydroxylation is 1. The Labute approximate surface area is 144 Å². The lowest BCUT2D eigenvalue weighted by molar-refractivity contribution is 0.579. The fourth-order valence-corrected chi connectivity index (χ4v) is 2.60. The van der Waals surface area contributed by atoms with E-state index in [9.17, 15) is 12.8 Å². The summed E-state index contributed by atoms with van der Waals surface area (Å²) in [5, 5.41) is 6.27. The summed E-state index contributed by atoms with van der Waals surface area (Å²) < 4.78 is 38.4. The van der Waals surface area contributed by atoms with Gasteiger partial charge in [0.25, 0.3) is 0 Å². The molecule has 0 spiro atoms. The van der Waals surface area contributed by atoms with Crippen LogP contribution < -0.4 is 15.4 Å². The van der Waals surface area contributed by atoms with Crippen LogP contribution in [0.3, 0.4) is 0 Å². The van der Waals surface area contributed by atoms with Gasteiger partial charge in [-0.2, -0.15) is 0 Å². The molecule has 1 aromatic carbocycles. The number of nitrogens with one attached hydrogen (secondary N) is 3. The number of rotatable bonds is 9. The van der Waals surface area contributed by atoms with Crippen LogP contribution in [0.2, 0.25) is 0 Å². The van der Waals surface area contributed by atoms with Gasteiger partial charge in [0.15, 0.2) is 5.96 Å². The van der Waals surface area contributed by atoms with Gasteiger partial charge in [-0.05, 0) is 44.4 Å². The number of hydrogen-bond donors (Lipinski definition) is 3. The molecule has 0 unspecified atom stereocenters. The maximum Gasteiger partial charge on any atom is 0.211 e. The summed E-state index contributed by atoms with van der Waals surface area (Å²) >= 11 is 0. The molecule has 1 aromatic rings. The molecule has 136 valence electrons. The van der Waals surface area contributed by atoms with Crippen molar-refractivity contribution < 1.29 is 12.8 Å². The Morgan fingerprint density at radius 3 is 2.58 bits per heavy atom. The van der Waals surface area contributed by atoms with E-state index < -0.39 is 10.0 Å². The van der Waals surface area contributed by atoms with Gasteiger partial charge >= 0.3 is 0 Å². The fourth-order valence-electron chi connectivity index (χ4n) is 1.94. The normalized spacial score (nSPS) is 12.2. The van der Waals surface area contributed by atoms with Gasteiger partial charge in [0.2, 0.25) is 10.0 Å². The van der Waals surface area contributed by atoms with Crippen molar-refractivity contribution in [2.45, 2.75) is 33.7 Å². The van der Waals surface area contributed by atoms with Gasteiger partial charge in [-0.1, -0.05) is 12.1 Å². The van der Waals surface area contributed by atoms with Crippen molar-refractivity contribution in [3.63, 3.8) is 0 Å². The third kappa shape index (κ3) is 7.74. The van der Waals surface area contributed by atoms with E-state index in [0.717, 1.165) is 12.1 Å². The number of nitrogens with zero attached hydrogens (tertiary/aromatic N) is 1. The molecule has 0 heterocycles. The molecule has 1 rings (SSSR count). The summed E-state index contributed by atoms with van der Waals surface area (Å²) in [4.78, 5) is 4.45. The average molecular weight is 358 g/mol. The minimum atomic E-state index is -3.14. The zero-order valence-electron chi connectivity index (χ0n) is 14.5. The van der Waals surface area contributed by atoms with Crippen molar-refractivity contribution in [3.05, 3.63) is 35.1 Å². The quantitative estimate of drug-likeness (QED) is 0.355. The number of sulfonamides is 1. The topological polar surface area (TPSA) is 82.6 Å². The second kappa shape index (κ2) is 10.2. The van der Waals surface area contributed by atoms with Gasteiger partial charge in [-0.25, -0.2) is 22.5 Å². The SMILES string of the molecule is CCNC(=NCc1ccc(F)c(C)c1)NCCCNS(=O)(=O)CC. The van der Waals surface area contributed by atoms with Crippen molar-refractivity contribution in [1.82, 2.24) is 15.4 Å². The van der Waals surface area contributed by atoms with E-state index in [1.165, 1.54) is 6.07 Å². The first-order valence-electron chi connectivity index (χ1n) is 8.12. The molecule has 0 bridgehead atoms. The lowest BCUT2D eigenvalue weighted by Crippen LogP contribution is -2.38. The van der Waals surface area contributed by atoms with Gasteiger partial charge in [-0.15, -0.1) is 0 Å². The predicted octanol–water partition coefficient (Wildman–Crippen LogP) is 1.52. The zero-order chi connectivity index (χ0) is 18.0. The minimum Gasteiger partial charge on any atom is -0.357 e. The number of aliphatic imine (C=N–C) groups is 1. The molecule has 0 amide bonds. The standard InChI is InChI=1S/C16H27FN4O2S/c1-4-18-16(19-9-6-10-21-24(22,23)5-2)20-12-14-7-8-15(17)13(3)11-14/h7-8,11,21H,4-6,9-10,12H2,1-3H3,(H2,18,19,20). The van der Waals surface area contributed by atoms with Crippen LogP contribution in [-0.4, -0.2) is 39.8 Å². The molecular weight excluding hydrogens is 331 g/mol. The van der Waals surface area contributed by atoms with Gasteiger partial charge < -0.3 is 10.6 Å². The molecule has 0 aliphatic carbocycles. The number of hydrogen-bond acceptors (Lipinski definition) is 3. The fraction of sp³-hybridized carbons (Fsp3) is 0.562. The Balaban J connectivity index is 2.46. The highest BCUT2D eigenvalue weighted by Gasteiger charge is 2.05. The molecule has 0 aromatic heterocycles. The van der Waals surface area contributed by atoms with E-state index in [4.69, 9.17) is 0 Å². The molecule has 3 N–H and O–H groups in total. The summed E-state index contributed by atoms with van der Waals surface area (Å²) in [6, 6.07) is 4.94. The van der Waals surface area contributed by atoms with Gasteiger partial charge in [-0.3, -0.25) is 0 Å². The van der Waals surface area contributed by atoms with Crippen LogP contribution in [0, 0.1) is 12.7 Å². The molecule has 0 radical (unpaired) electrons. The largest absolute Gasteiger partial charge is 0.357 e. The molecule has 0 fully saturated rings. The van der Waals surface area contributed by atoms with Crippen LogP contribution in [0.5, 0.6) is 0 Å². The van der Waals surface area contributed by atoms with Crippen LogP contribution in [0.4, 0.5) is 4.39 Å². The molecule has 0 aliphatic heterocycles. The Hall–Kier alpha value is -1.67. The van der Waals surface area contributed by atoms with Crippen LogP contribution in [0.1, 0.15) is 31.4 Å². The van der Waals surface area contributed by atoms with Crippen LogP contribution in [0.15, 0.2) is 23.2 Å². The van der Waals surface area contributed by atoms with E-state index in [1.54, 1.807) is 26.0 Å². The number of benzene rings is 1. The average Bonchev–Trinajstić information content (AvgIpc) is 2.55. The van der Waals surface area contributed by atoms with Crippen molar-refractivity contribution in [1.29, 1.82) is 0 Å². The molecule has 24 heavy (non-hydrogen) atoms. The molecule has 0 aliphatic rings. The molecular formula is C16H27FN4O2S. The van der Waals surface area contributed by atoms with E-state index >= 15 is 0 Å². The smallest absolute Gasteiger partial charge is 0.211 e. The molecule has 0 saturated heterocycles. The maximum absolute atomic E-state index is 13.3. The van der Waals surface area contributed by atoms with Crippen LogP contribution >= 0.6 is 0 Å². The lowest BCUT2D eigenvalue weighted by atomic mass is 10.1. The van der Waals surface area contributed by atoms with E-state index in [1.807, 2.05) is 6.92 Å². The summed E-state index contributed by atoms with van der Waals surface area (Å²) in [7, 11) is -3.14. The molecule has 8 heteroatoms. The van der Waals surface area contributed by atoms with E-state index in [2.05, 4.69) is 20.3 Å². The van der Waals surface area contributed by atoms with Gasteiger partial charge in [0.1, 0.15) is 5.82 Å². The highest BCUT2D eigenvalue weighted by Crippen LogP contribution is 2.09. The highest BCUT2D eigenvalue weighted by atomic mass is 32.2. The lowest BCUT2D eigenvalue weighted by Gasteiger charge is -2.11. The van der Waals surface area contributed by atoms with Crippen molar-refractivity contribution in [2.24, 2.45) is 4.99 Å². The monoisotopic (exact) mass is 358 g/mol. The third-order valence-corrected chi connectivity index (χ3v) is 4.74. The highest BCUT2D eigenvalue weighted by molar-refractivity contribution is 7.89. The first-order chi connectivity index (χ1) is 11.4. The Kier molecular flexibility index (Phi) is 8.70. The Bertz CT molecular complexity index is 647. The molecule has 6 nitrogen and oxygen atoms in total. The van der Waals surface area contributed by atoms with Crippen molar-refractivity contribution in [2.75, 3.05) is 25.4 Å². The summed E-state index contributed by atoms with van der Waals surface area (Å²) in [5.74, 6) is 0.516. The second-order valence-corrected chi connectivity index (χ2v) is 7.45. The Morgan fingerprint density at radius 1 is 1.21 bits per heavy atom. The maximum atomic E-state index is 13.3. The second-order valence-electron chi connectivity index (χ2n) is 5.36. The number of guanidine groups is 1. The third-order valence-electron chi connectivity index (χ3n) is 3.33. The predicted molar refractivity (Wildman–Crippen MR) is 96.0 cm³/mol. The summed E-state index contributed by atoms with van der Waals surface area (Å²) in [6.07, 6.45) is 0.652. The Morgan fingerprint density at radius 2 is 1.96 bits per heavy atom. The first kappa shape index (κ1) is 20.4. The van der Waals surface area contributed by atoms with Gasteiger partial charge in [0.05, 0.1) is 12.3 Å². The van der Waals surface area contributed by atoms with Crippen molar-refractivity contribution in [3.8, 4) is 0 Å². The molecule has 0 saturated carbocycles. The van der Waals surface area contributed by atoms with Crippen LogP contribution in [-0.2, 0) is 16.6 Å². The summed E-state index contributed by atoms with van der Waals surface area (Å²) in [6.45, 7) is 7.45. The van der Waals surface area contributed by atoms with E-state index in [0.29, 0.717) is 37.6 Å². The van der Waals surface area contributed by atoms with Crippen molar-refractivity contribution >= 4 is 16.0 Å². The first-order valence-corrected chi connectivity index (χ1v) is 9.77. The van der Waals surface area contributed by atoms with Crippen LogP contribution in [0.25, 0.3) is 0 Å².